The number of nitrogens with zero attached hydrogens (tertiary/aromatic N) is 4. The van der Waals surface area contributed by atoms with Crippen LogP contribution in [-0.4, -0.2) is 67.2 Å². The van der Waals surface area contributed by atoms with Crippen LogP contribution >= 0.6 is 0 Å². The smallest absolute Gasteiger partial charge is 0.207 e. The molecule has 1 aromatic heterocycles. The second-order valence-corrected chi connectivity index (χ2v) is 9.16. The highest BCUT2D eigenvalue weighted by molar-refractivity contribution is 5.47. The third-order valence-electron chi connectivity index (χ3n) is 5.82. The highest BCUT2D eigenvalue weighted by Crippen LogP contribution is 2.30. The molecule has 0 atom stereocenters. The highest BCUT2D eigenvalue weighted by atomic mass is 16.5. The van der Waals surface area contributed by atoms with Crippen molar-refractivity contribution in [3.05, 3.63) is 17.6 Å². The fourth-order valence-corrected chi connectivity index (χ4v) is 3.97. The van der Waals surface area contributed by atoms with E-state index < -0.39 is 0 Å². The lowest BCUT2D eigenvalue weighted by Gasteiger charge is -2.39. The van der Waals surface area contributed by atoms with E-state index in [2.05, 4.69) is 46.9 Å². The van der Waals surface area contributed by atoms with Gasteiger partial charge in [0.1, 0.15) is 11.6 Å². The van der Waals surface area contributed by atoms with Gasteiger partial charge in [0.2, 0.25) is 6.41 Å². The van der Waals surface area contributed by atoms with Gasteiger partial charge in [0.15, 0.2) is 0 Å². The fourth-order valence-electron chi connectivity index (χ4n) is 3.97. The molecule has 156 valence electrons. The van der Waals surface area contributed by atoms with Gasteiger partial charge in [0.25, 0.3) is 0 Å². The second-order valence-electron chi connectivity index (χ2n) is 9.16. The van der Waals surface area contributed by atoms with Gasteiger partial charge < -0.3 is 15.0 Å². The Bertz CT molecular complexity index is 647. The number of nitrogens with one attached hydrogen (secondary N) is 1. The summed E-state index contributed by atoms with van der Waals surface area (Å²) in [6.45, 7) is 12.2. The number of aromatic nitrogens is 2. The molecule has 1 N–H and O–H groups in total. The van der Waals surface area contributed by atoms with Crippen LogP contribution in [0.25, 0.3) is 0 Å². The van der Waals surface area contributed by atoms with Crippen molar-refractivity contribution >= 4 is 12.2 Å². The molecule has 2 aliphatic rings. The minimum Gasteiger partial charge on any atom is -0.378 e. The van der Waals surface area contributed by atoms with Crippen molar-refractivity contribution in [1.29, 1.82) is 0 Å². The molecule has 1 aliphatic carbocycles. The molecule has 7 heteroatoms. The number of amides is 1. The van der Waals surface area contributed by atoms with Crippen LogP contribution in [0.1, 0.15) is 51.6 Å². The van der Waals surface area contributed by atoms with Gasteiger partial charge in [-0.05, 0) is 31.7 Å². The van der Waals surface area contributed by atoms with Crippen molar-refractivity contribution < 1.29 is 9.53 Å². The van der Waals surface area contributed by atoms with Gasteiger partial charge >= 0.3 is 0 Å². The zero-order chi connectivity index (χ0) is 20.1. The molecule has 1 aliphatic heterocycles. The van der Waals surface area contributed by atoms with E-state index in [1.54, 1.807) is 7.11 Å². The number of carbonyl (C=O) groups is 1. The first-order valence-electron chi connectivity index (χ1n) is 10.4. The minimum atomic E-state index is -0.0837. The van der Waals surface area contributed by atoms with E-state index in [1.165, 1.54) is 6.42 Å². The summed E-state index contributed by atoms with van der Waals surface area (Å²) >= 11 is 0. The summed E-state index contributed by atoms with van der Waals surface area (Å²) in [4.78, 5) is 24.9. The normalized spacial score (nSPS) is 23.4. The van der Waals surface area contributed by atoms with Crippen LogP contribution in [-0.2, 0) is 21.6 Å². The molecule has 0 spiro atoms. The topological polar surface area (TPSA) is 70.6 Å². The van der Waals surface area contributed by atoms with E-state index >= 15 is 0 Å². The highest BCUT2D eigenvalue weighted by Gasteiger charge is 2.29. The largest absolute Gasteiger partial charge is 0.378 e. The van der Waals surface area contributed by atoms with Crippen molar-refractivity contribution in [1.82, 2.24) is 20.2 Å². The Balaban J connectivity index is 1.51. The van der Waals surface area contributed by atoms with Gasteiger partial charge in [-0.2, -0.15) is 0 Å². The van der Waals surface area contributed by atoms with E-state index in [-0.39, 0.29) is 5.41 Å². The first-order valence-corrected chi connectivity index (χ1v) is 10.4. The van der Waals surface area contributed by atoms with Crippen LogP contribution in [0.2, 0.25) is 0 Å². The van der Waals surface area contributed by atoms with Gasteiger partial charge in [-0.25, -0.2) is 9.97 Å². The predicted molar refractivity (Wildman–Crippen MR) is 110 cm³/mol. The number of piperazine rings is 1. The Labute approximate surface area is 168 Å². The molecule has 28 heavy (non-hydrogen) atoms. The molecule has 3 rings (SSSR count). The molecule has 2 heterocycles. The first kappa shape index (κ1) is 21.0. The Kier molecular flexibility index (Phi) is 6.88. The van der Waals surface area contributed by atoms with Crippen molar-refractivity contribution in [2.24, 2.45) is 5.92 Å². The predicted octanol–water partition coefficient (Wildman–Crippen LogP) is 1.96. The molecule has 0 aromatic carbocycles. The lowest BCUT2D eigenvalue weighted by molar-refractivity contribution is -0.110. The summed E-state index contributed by atoms with van der Waals surface area (Å²) in [6.07, 6.45) is 4.34. The van der Waals surface area contributed by atoms with Crippen molar-refractivity contribution in [3.63, 3.8) is 0 Å². The molecule has 1 aromatic rings. The van der Waals surface area contributed by atoms with Gasteiger partial charge in [-0.3, -0.25) is 9.69 Å². The maximum absolute atomic E-state index is 10.5. The standard InChI is InChI=1S/C21H35N5O2/c1-21(2,3)20-23-18(14-28-4)13-19(24-20)26-9-7-25(8-10-26)6-5-16-11-17(12-16)22-15-27/h13,15-17H,5-12,14H2,1-4H3,(H,22,27). The lowest BCUT2D eigenvalue weighted by Crippen LogP contribution is -2.48. The number of hydrogen-bond donors (Lipinski definition) is 1. The molecule has 1 saturated heterocycles. The van der Waals surface area contributed by atoms with Crippen LogP contribution in [0.15, 0.2) is 6.07 Å². The van der Waals surface area contributed by atoms with Crippen LogP contribution in [0.4, 0.5) is 5.82 Å². The zero-order valence-corrected chi connectivity index (χ0v) is 17.8. The Morgan fingerprint density at radius 1 is 1.21 bits per heavy atom. The lowest BCUT2D eigenvalue weighted by atomic mass is 9.78. The van der Waals surface area contributed by atoms with E-state index in [4.69, 9.17) is 9.72 Å². The number of carbonyl (C=O) groups excluding carboxylic acids is 1. The summed E-state index contributed by atoms with van der Waals surface area (Å²) in [5, 5.41) is 2.88. The second kappa shape index (κ2) is 9.18. The molecule has 2 fully saturated rings. The quantitative estimate of drug-likeness (QED) is 0.686. The molecular weight excluding hydrogens is 354 g/mol. The van der Waals surface area contributed by atoms with Crippen LogP contribution in [0.3, 0.4) is 0 Å². The minimum absolute atomic E-state index is 0.0837. The van der Waals surface area contributed by atoms with Gasteiger partial charge in [0.05, 0.1) is 12.3 Å². The summed E-state index contributed by atoms with van der Waals surface area (Å²) in [6, 6.07) is 2.48. The van der Waals surface area contributed by atoms with Crippen LogP contribution < -0.4 is 10.2 Å². The third-order valence-corrected chi connectivity index (χ3v) is 5.82. The fraction of sp³-hybridized carbons (Fsp3) is 0.762. The van der Waals surface area contributed by atoms with E-state index in [0.717, 1.165) is 75.2 Å². The monoisotopic (exact) mass is 389 g/mol. The van der Waals surface area contributed by atoms with E-state index in [9.17, 15) is 4.79 Å². The summed E-state index contributed by atoms with van der Waals surface area (Å²) in [5.41, 5.74) is 0.864. The van der Waals surface area contributed by atoms with Crippen LogP contribution in [0.5, 0.6) is 0 Å². The molecule has 0 radical (unpaired) electrons. The Morgan fingerprint density at radius 3 is 2.54 bits per heavy atom. The number of hydrogen-bond acceptors (Lipinski definition) is 6. The summed E-state index contributed by atoms with van der Waals surface area (Å²) < 4.78 is 5.31. The molecule has 1 saturated carbocycles. The molecular formula is C21H35N5O2. The zero-order valence-electron chi connectivity index (χ0n) is 17.8. The molecule has 7 nitrogen and oxygen atoms in total. The summed E-state index contributed by atoms with van der Waals surface area (Å²) in [5.74, 6) is 2.67. The van der Waals surface area contributed by atoms with E-state index in [0.29, 0.717) is 12.6 Å². The van der Waals surface area contributed by atoms with Crippen molar-refractivity contribution in [3.8, 4) is 0 Å². The van der Waals surface area contributed by atoms with Crippen molar-refractivity contribution in [2.45, 2.75) is 58.1 Å². The molecule has 0 unspecified atom stereocenters. The molecule has 1 amide bonds. The third kappa shape index (κ3) is 5.41. The SMILES string of the molecule is COCc1cc(N2CCN(CCC3CC(NC=O)C3)CC2)nc(C(C)(C)C)n1. The number of rotatable bonds is 8. The van der Waals surface area contributed by atoms with Gasteiger partial charge in [0, 0.05) is 50.8 Å². The average molecular weight is 390 g/mol. The Hall–Kier alpha value is -1.73. The van der Waals surface area contributed by atoms with Gasteiger partial charge in [-0.15, -0.1) is 0 Å². The maximum atomic E-state index is 10.5. The maximum Gasteiger partial charge on any atom is 0.207 e. The summed E-state index contributed by atoms with van der Waals surface area (Å²) in [7, 11) is 1.71. The Morgan fingerprint density at radius 2 is 1.93 bits per heavy atom. The number of methoxy groups -OCH3 is 1. The number of ether oxygens (including phenoxy) is 1. The first-order chi connectivity index (χ1) is 13.4. The van der Waals surface area contributed by atoms with Gasteiger partial charge in [-0.1, -0.05) is 20.8 Å². The van der Waals surface area contributed by atoms with Crippen molar-refractivity contribution in [2.75, 3.05) is 44.7 Å². The number of anilines is 1. The molecule has 0 bridgehead atoms. The van der Waals surface area contributed by atoms with E-state index in [1.807, 2.05) is 0 Å². The van der Waals surface area contributed by atoms with Crippen LogP contribution in [0, 0.1) is 5.92 Å². The average Bonchev–Trinajstić information content (AvgIpc) is 2.63.